The van der Waals surface area contributed by atoms with E-state index in [0.717, 1.165) is 27.8 Å². The van der Waals surface area contributed by atoms with Crippen LogP contribution < -0.4 is 15.7 Å². The molecule has 1 amide bonds. The van der Waals surface area contributed by atoms with Crippen LogP contribution in [0.3, 0.4) is 0 Å². The van der Waals surface area contributed by atoms with Crippen LogP contribution in [0.15, 0.2) is 52.4 Å². The maximum absolute atomic E-state index is 12.2. The van der Waals surface area contributed by atoms with E-state index in [1.165, 1.54) is 6.07 Å². The first kappa shape index (κ1) is 19.5. The monoisotopic (exact) mass is 396 g/mol. The number of hydrogen-bond acceptors (Lipinski definition) is 5. The van der Waals surface area contributed by atoms with Crippen molar-refractivity contribution in [2.24, 2.45) is 5.10 Å². The maximum Gasteiger partial charge on any atom is 0.251 e. The normalized spacial score (nSPS) is 11.4. The molecule has 28 heavy (non-hydrogen) atoms. The van der Waals surface area contributed by atoms with E-state index >= 15 is 0 Å². The number of H-pyrrole nitrogens is 2. The Morgan fingerprint density at radius 1 is 1.14 bits per heavy atom. The van der Waals surface area contributed by atoms with Gasteiger partial charge in [-0.25, -0.2) is 5.43 Å². The Balaban J connectivity index is 1.77. The largest absolute Gasteiger partial charge is 0.497 e. The second-order valence-corrected chi connectivity index (χ2v) is 6.57. The average Bonchev–Trinajstić information content (AvgIpc) is 2.67. The number of hydrogen-bond donors (Lipinski definition) is 3. The van der Waals surface area contributed by atoms with Crippen molar-refractivity contribution in [3.63, 3.8) is 0 Å². The molecule has 0 saturated carbocycles. The Kier molecular flexibility index (Phi) is 6.00. The fraction of sp³-hybridized carbons (Fsp3) is 0.200. The fourth-order valence-electron chi connectivity index (χ4n) is 2.83. The molecule has 0 aliphatic rings. The summed E-state index contributed by atoms with van der Waals surface area (Å²) in [5.41, 5.74) is 4.31. The molecule has 3 aromatic rings. The molecule has 8 heteroatoms. The summed E-state index contributed by atoms with van der Waals surface area (Å²) in [4.78, 5) is 28.8. The van der Waals surface area contributed by atoms with Crippen molar-refractivity contribution in [3.8, 4) is 5.75 Å². The smallest absolute Gasteiger partial charge is 0.251 e. The van der Waals surface area contributed by atoms with E-state index in [1.807, 2.05) is 43.3 Å². The van der Waals surface area contributed by atoms with Crippen LogP contribution in [0, 0.1) is 4.77 Å². The lowest BCUT2D eigenvalue weighted by molar-refractivity contribution is -0.120. The predicted octanol–water partition coefficient (Wildman–Crippen LogP) is 3.07. The number of ether oxygens (including phenoxy) is 1. The lowest BCUT2D eigenvalue weighted by Crippen LogP contribution is -2.23. The standard InChI is InChI=1S/C20H20N4O3S/c1-3-17(14-5-4-13-9-16(27-2)7-6-12(13)8-14)23-24-19(26)11-15-10-18(25)22-20(28)21-15/h4-10H,3,11H2,1-2H3,(H,24,26)(H2,21,22,25,28)/b23-17-. The third kappa shape index (κ3) is 4.72. The van der Waals surface area contributed by atoms with E-state index in [1.54, 1.807) is 7.11 Å². The molecule has 0 unspecified atom stereocenters. The van der Waals surface area contributed by atoms with Crippen LogP contribution >= 0.6 is 12.2 Å². The Labute approximate surface area is 166 Å². The molecule has 2 aromatic carbocycles. The highest BCUT2D eigenvalue weighted by Gasteiger charge is 2.07. The number of carbonyl (C=O) groups is 1. The van der Waals surface area contributed by atoms with Gasteiger partial charge in [-0.05, 0) is 53.2 Å². The number of nitrogens with zero attached hydrogens (tertiary/aromatic N) is 1. The van der Waals surface area contributed by atoms with Crippen molar-refractivity contribution in [3.05, 3.63) is 68.8 Å². The number of methoxy groups -OCH3 is 1. The SMILES string of the molecule is CC/C(=N/NC(=O)Cc1cc(=O)[nH]c(=S)[nH]1)c1ccc2cc(OC)ccc2c1. The Morgan fingerprint density at radius 2 is 1.89 bits per heavy atom. The van der Waals surface area contributed by atoms with Crippen molar-refractivity contribution < 1.29 is 9.53 Å². The third-order valence-corrected chi connectivity index (χ3v) is 4.40. The van der Waals surface area contributed by atoms with Gasteiger partial charge in [0.05, 0.1) is 19.2 Å². The third-order valence-electron chi connectivity index (χ3n) is 4.20. The molecule has 7 nitrogen and oxygen atoms in total. The molecule has 1 aromatic heterocycles. The molecule has 0 aliphatic heterocycles. The molecule has 1 heterocycles. The van der Waals surface area contributed by atoms with Crippen LogP contribution in [0.2, 0.25) is 0 Å². The van der Waals surface area contributed by atoms with Gasteiger partial charge in [-0.1, -0.05) is 25.1 Å². The second-order valence-electron chi connectivity index (χ2n) is 6.16. The Bertz CT molecular complexity index is 1140. The number of nitrogens with one attached hydrogen (secondary N) is 3. The lowest BCUT2D eigenvalue weighted by atomic mass is 10.0. The summed E-state index contributed by atoms with van der Waals surface area (Å²) in [6.45, 7) is 1.97. The van der Waals surface area contributed by atoms with Crippen molar-refractivity contribution in [1.82, 2.24) is 15.4 Å². The molecule has 144 valence electrons. The molecule has 0 bridgehead atoms. The number of benzene rings is 2. The maximum atomic E-state index is 12.2. The molecule has 3 N–H and O–H groups in total. The van der Waals surface area contributed by atoms with Gasteiger partial charge >= 0.3 is 0 Å². The van der Waals surface area contributed by atoms with Crippen LogP contribution in [-0.2, 0) is 11.2 Å². The topological polar surface area (TPSA) is 99.3 Å². The first-order valence-electron chi connectivity index (χ1n) is 8.74. The van der Waals surface area contributed by atoms with Gasteiger partial charge in [0.2, 0.25) is 5.91 Å². The van der Waals surface area contributed by atoms with Gasteiger partial charge < -0.3 is 9.72 Å². The van der Waals surface area contributed by atoms with E-state index in [2.05, 4.69) is 20.5 Å². The fourth-order valence-corrected chi connectivity index (χ4v) is 3.07. The van der Waals surface area contributed by atoms with E-state index in [-0.39, 0.29) is 22.7 Å². The highest BCUT2D eigenvalue weighted by Crippen LogP contribution is 2.22. The Morgan fingerprint density at radius 3 is 2.61 bits per heavy atom. The van der Waals surface area contributed by atoms with Crippen molar-refractivity contribution in [2.75, 3.05) is 7.11 Å². The molecule has 3 rings (SSSR count). The highest BCUT2D eigenvalue weighted by atomic mass is 32.1. The quantitative estimate of drug-likeness (QED) is 0.339. The zero-order chi connectivity index (χ0) is 20.1. The summed E-state index contributed by atoms with van der Waals surface area (Å²) in [5, 5.41) is 6.38. The van der Waals surface area contributed by atoms with Crippen LogP contribution in [0.4, 0.5) is 0 Å². The molecule has 0 radical (unpaired) electrons. The molecular weight excluding hydrogens is 376 g/mol. The zero-order valence-electron chi connectivity index (χ0n) is 15.5. The van der Waals surface area contributed by atoms with Crippen LogP contribution in [0.25, 0.3) is 10.8 Å². The van der Waals surface area contributed by atoms with Crippen molar-refractivity contribution in [2.45, 2.75) is 19.8 Å². The number of fused-ring (bicyclic) bond motifs is 1. The summed E-state index contributed by atoms with van der Waals surface area (Å²) < 4.78 is 5.43. The number of aromatic amines is 2. The summed E-state index contributed by atoms with van der Waals surface area (Å²) >= 11 is 4.90. The van der Waals surface area contributed by atoms with E-state index in [4.69, 9.17) is 17.0 Å². The molecule has 0 saturated heterocycles. The van der Waals surface area contributed by atoms with Crippen LogP contribution in [-0.4, -0.2) is 28.7 Å². The lowest BCUT2D eigenvalue weighted by Gasteiger charge is -2.08. The van der Waals surface area contributed by atoms with Gasteiger partial charge in [-0.3, -0.25) is 14.6 Å². The van der Waals surface area contributed by atoms with E-state index in [0.29, 0.717) is 12.1 Å². The van der Waals surface area contributed by atoms with E-state index < -0.39 is 0 Å². The van der Waals surface area contributed by atoms with Gasteiger partial charge in [0, 0.05) is 11.8 Å². The summed E-state index contributed by atoms with van der Waals surface area (Å²) in [6.07, 6.45) is 0.626. The van der Waals surface area contributed by atoms with Crippen LogP contribution in [0.1, 0.15) is 24.6 Å². The molecule has 0 atom stereocenters. The zero-order valence-corrected chi connectivity index (χ0v) is 16.4. The number of aromatic nitrogens is 2. The molecule has 0 aliphatic carbocycles. The first-order chi connectivity index (χ1) is 13.5. The summed E-state index contributed by atoms with van der Waals surface area (Å²) in [5.74, 6) is 0.461. The molecule has 0 spiro atoms. The van der Waals surface area contributed by atoms with Gasteiger partial charge in [-0.2, -0.15) is 5.10 Å². The molecular formula is C20H20N4O3S. The summed E-state index contributed by atoms with van der Waals surface area (Å²) in [7, 11) is 1.64. The molecule has 0 fully saturated rings. The minimum Gasteiger partial charge on any atom is -0.497 e. The second kappa shape index (κ2) is 8.62. The number of carbonyl (C=O) groups excluding carboxylic acids is 1. The van der Waals surface area contributed by atoms with Gasteiger partial charge in [-0.15, -0.1) is 0 Å². The van der Waals surface area contributed by atoms with Crippen molar-refractivity contribution >= 4 is 34.6 Å². The minimum absolute atomic E-state index is 0.0223. The number of rotatable bonds is 6. The van der Waals surface area contributed by atoms with Gasteiger partial charge in [0.1, 0.15) is 5.75 Å². The number of amides is 1. The first-order valence-corrected chi connectivity index (χ1v) is 9.15. The van der Waals surface area contributed by atoms with Crippen molar-refractivity contribution in [1.29, 1.82) is 0 Å². The summed E-state index contributed by atoms with van der Waals surface area (Å²) in [6, 6.07) is 13.1. The highest BCUT2D eigenvalue weighted by molar-refractivity contribution is 7.71. The van der Waals surface area contributed by atoms with Crippen LogP contribution in [0.5, 0.6) is 5.75 Å². The average molecular weight is 396 g/mol. The minimum atomic E-state index is -0.350. The van der Waals surface area contributed by atoms with E-state index in [9.17, 15) is 9.59 Å². The Hall–Kier alpha value is -3.26. The number of hydrazone groups is 1. The van der Waals surface area contributed by atoms with Gasteiger partial charge in [0.25, 0.3) is 5.56 Å². The van der Waals surface area contributed by atoms with Gasteiger partial charge in [0.15, 0.2) is 4.77 Å². The predicted molar refractivity (Wildman–Crippen MR) is 111 cm³/mol.